The smallest absolute Gasteiger partial charge is 0.137 e. The summed E-state index contributed by atoms with van der Waals surface area (Å²) in [6.45, 7) is 2.02. The minimum absolute atomic E-state index is 0.612. The molecule has 0 aliphatic rings. The quantitative estimate of drug-likeness (QED) is 0.801. The summed E-state index contributed by atoms with van der Waals surface area (Å²) in [6.07, 6.45) is 2.41. The average Bonchev–Trinajstić information content (AvgIpc) is 2.54. The molecule has 106 valence electrons. The number of ether oxygens (including phenoxy) is 1. The van der Waals surface area contributed by atoms with Gasteiger partial charge in [0.1, 0.15) is 11.9 Å². The maximum atomic E-state index is 10.5. The minimum Gasteiger partial charge on any atom is -0.495 e. The molecule has 0 spiro atoms. The molecule has 0 aliphatic carbocycles. The molecule has 1 N–H and O–H groups in total. The second kappa shape index (κ2) is 5.50. The molecule has 3 aromatic rings. The first-order valence-corrected chi connectivity index (χ1v) is 6.72. The lowest BCUT2D eigenvalue weighted by atomic mass is 10.0. The van der Waals surface area contributed by atoms with Crippen LogP contribution in [0.15, 0.2) is 48.8 Å². The third-order valence-electron chi connectivity index (χ3n) is 3.51. The van der Waals surface area contributed by atoms with Gasteiger partial charge in [-0.1, -0.05) is 18.2 Å². The van der Waals surface area contributed by atoms with Crippen molar-refractivity contribution in [1.29, 1.82) is 0 Å². The van der Waals surface area contributed by atoms with Crippen molar-refractivity contribution >= 4 is 10.9 Å². The van der Waals surface area contributed by atoms with Gasteiger partial charge in [0.15, 0.2) is 0 Å². The van der Waals surface area contributed by atoms with Crippen LogP contribution in [0.3, 0.4) is 0 Å². The first-order chi connectivity index (χ1) is 10.2. The number of hydrogen-bond donors (Lipinski definition) is 1. The molecule has 1 atom stereocenters. The van der Waals surface area contributed by atoms with Gasteiger partial charge in [0.25, 0.3) is 0 Å². The number of aryl methyl sites for hydroxylation is 1. The highest BCUT2D eigenvalue weighted by Crippen LogP contribution is 2.26. The molecule has 1 unspecified atom stereocenters. The van der Waals surface area contributed by atoms with Crippen LogP contribution < -0.4 is 4.74 Å². The molecule has 1 aromatic carbocycles. The van der Waals surface area contributed by atoms with Crippen molar-refractivity contribution < 1.29 is 9.84 Å². The number of nitrogens with zero attached hydrogens (tertiary/aromatic N) is 2. The summed E-state index contributed by atoms with van der Waals surface area (Å²) in [6, 6.07) is 11.6. The van der Waals surface area contributed by atoms with Gasteiger partial charge in [-0.25, -0.2) is 4.98 Å². The molecule has 0 saturated carbocycles. The molecule has 21 heavy (non-hydrogen) atoms. The van der Waals surface area contributed by atoms with Crippen LogP contribution in [0.2, 0.25) is 0 Å². The summed E-state index contributed by atoms with van der Waals surface area (Å²) in [5.41, 5.74) is 3.24. The number of hydrogen-bond acceptors (Lipinski definition) is 4. The van der Waals surface area contributed by atoms with Gasteiger partial charge in [0.2, 0.25) is 0 Å². The van der Waals surface area contributed by atoms with Crippen LogP contribution in [-0.4, -0.2) is 22.2 Å². The van der Waals surface area contributed by atoms with Gasteiger partial charge in [-0.3, -0.25) is 4.98 Å². The summed E-state index contributed by atoms with van der Waals surface area (Å²) in [4.78, 5) is 8.62. The Morgan fingerprint density at radius 3 is 2.76 bits per heavy atom. The van der Waals surface area contributed by atoms with Crippen LogP contribution in [0, 0.1) is 6.92 Å². The highest BCUT2D eigenvalue weighted by atomic mass is 16.5. The number of aromatic nitrogens is 2. The van der Waals surface area contributed by atoms with Crippen molar-refractivity contribution in [3.63, 3.8) is 0 Å². The third kappa shape index (κ3) is 2.58. The SMILES string of the molecule is COc1cncc(C(O)c2cc(C)c3ccccc3n2)c1. The van der Waals surface area contributed by atoms with Crippen molar-refractivity contribution in [2.45, 2.75) is 13.0 Å². The number of aliphatic hydroxyl groups is 1. The number of para-hydroxylation sites is 1. The van der Waals surface area contributed by atoms with Crippen LogP contribution in [0.5, 0.6) is 5.75 Å². The Morgan fingerprint density at radius 1 is 1.14 bits per heavy atom. The Labute approximate surface area is 123 Å². The van der Waals surface area contributed by atoms with E-state index in [0.29, 0.717) is 17.0 Å². The minimum atomic E-state index is -0.823. The highest BCUT2D eigenvalue weighted by molar-refractivity contribution is 5.82. The summed E-state index contributed by atoms with van der Waals surface area (Å²) >= 11 is 0. The van der Waals surface area contributed by atoms with Gasteiger partial charge in [-0.05, 0) is 30.7 Å². The normalized spacial score (nSPS) is 12.3. The fraction of sp³-hybridized carbons (Fsp3) is 0.176. The molecule has 4 nitrogen and oxygen atoms in total. The topological polar surface area (TPSA) is 55.2 Å². The van der Waals surface area contributed by atoms with Crippen molar-refractivity contribution in [2.24, 2.45) is 0 Å². The third-order valence-corrected chi connectivity index (χ3v) is 3.51. The fourth-order valence-electron chi connectivity index (χ4n) is 2.38. The molecule has 2 heterocycles. The van der Waals surface area contributed by atoms with E-state index < -0.39 is 6.10 Å². The molecule has 2 aromatic heterocycles. The predicted molar refractivity (Wildman–Crippen MR) is 81.3 cm³/mol. The molecule has 3 rings (SSSR count). The number of methoxy groups -OCH3 is 1. The zero-order valence-electron chi connectivity index (χ0n) is 11.9. The van der Waals surface area contributed by atoms with Gasteiger partial charge in [-0.15, -0.1) is 0 Å². The van der Waals surface area contributed by atoms with Crippen molar-refractivity contribution in [1.82, 2.24) is 9.97 Å². The molecule has 0 bridgehead atoms. The van der Waals surface area contributed by atoms with Gasteiger partial charge in [-0.2, -0.15) is 0 Å². The first kappa shape index (κ1) is 13.5. The average molecular weight is 280 g/mol. The Balaban J connectivity index is 2.06. The number of benzene rings is 1. The lowest BCUT2D eigenvalue weighted by Crippen LogP contribution is -2.04. The van der Waals surface area contributed by atoms with E-state index in [1.165, 1.54) is 0 Å². The molecule has 0 saturated heterocycles. The molecule has 0 amide bonds. The van der Waals surface area contributed by atoms with Crippen LogP contribution in [0.4, 0.5) is 0 Å². The van der Waals surface area contributed by atoms with Crippen molar-refractivity contribution in [3.8, 4) is 5.75 Å². The Morgan fingerprint density at radius 2 is 1.95 bits per heavy atom. The second-order valence-electron chi connectivity index (χ2n) is 4.94. The van der Waals surface area contributed by atoms with E-state index in [0.717, 1.165) is 16.5 Å². The maximum Gasteiger partial charge on any atom is 0.137 e. The lowest BCUT2D eigenvalue weighted by Gasteiger charge is -2.13. The summed E-state index contributed by atoms with van der Waals surface area (Å²) in [7, 11) is 1.57. The van der Waals surface area contributed by atoms with E-state index in [1.807, 2.05) is 37.3 Å². The van der Waals surface area contributed by atoms with Crippen LogP contribution in [0.25, 0.3) is 10.9 Å². The van der Waals surface area contributed by atoms with E-state index in [4.69, 9.17) is 4.74 Å². The van der Waals surface area contributed by atoms with E-state index in [9.17, 15) is 5.11 Å². The Kier molecular flexibility index (Phi) is 3.54. The number of fused-ring (bicyclic) bond motifs is 1. The Bertz CT molecular complexity index is 787. The van der Waals surface area contributed by atoms with Crippen molar-refractivity contribution in [3.05, 3.63) is 65.6 Å². The van der Waals surface area contributed by atoms with Gasteiger partial charge in [0, 0.05) is 17.1 Å². The Hall–Kier alpha value is -2.46. The van der Waals surface area contributed by atoms with E-state index in [2.05, 4.69) is 9.97 Å². The highest BCUT2D eigenvalue weighted by Gasteiger charge is 2.15. The summed E-state index contributed by atoms with van der Waals surface area (Å²) in [5.74, 6) is 0.615. The summed E-state index contributed by atoms with van der Waals surface area (Å²) in [5, 5.41) is 11.6. The van der Waals surface area contributed by atoms with E-state index in [1.54, 1.807) is 25.6 Å². The second-order valence-corrected chi connectivity index (χ2v) is 4.94. The van der Waals surface area contributed by atoms with Gasteiger partial charge >= 0.3 is 0 Å². The molecular formula is C17H16N2O2. The molecular weight excluding hydrogens is 264 g/mol. The zero-order chi connectivity index (χ0) is 14.8. The zero-order valence-corrected chi connectivity index (χ0v) is 11.9. The fourth-order valence-corrected chi connectivity index (χ4v) is 2.38. The monoisotopic (exact) mass is 280 g/mol. The van der Waals surface area contributed by atoms with Crippen LogP contribution in [0.1, 0.15) is 22.9 Å². The van der Waals surface area contributed by atoms with Crippen LogP contribution in [-0.2, 0) is 0 Å². The van der Waals surface area contributed by atoms with E-state index >= 15 is 0 Å². The molecule has 0 radical (unpaired) electrons. The lowest BCUT2D eigenvalue weighted by molar-refractivity contribution is 0.214. The number of aliphatic hydroxyl groups excluding tert-OH is 1. The predicted octanol–water partition coefficient (Wildman–Crippen LogP) is 3.03. The molecule has 0 aliphatic heterocycles. The number of rotatable bonds is 3. The van der Waals surface area contributed by atoms with Gasteiger partial charge in [0.05, 0.1) is 24.5 Å². The largest absolute Gasteiger partial charge is 0.495 e. The van der Waals surface area contributed by atoms with Crippen molar-refractivity contribution in [2.75, 3.05) is 7.11 Å². The maximum absolute atomic E-state index is 10.5. The molecule has 0 fully saturated rings. The van der Waals surface area contributed by atoms with Gasteiger partial charge < -0.3 is 9.84 Å². The van der Waals surface area contributed by atoms with E-state index in [-0.39, 0.29) is 0 Å². The standard InChI is InChI=1S/C17H16N2O2/c1-11-7-16(19-15-6-4-3-5-14(11)15)17(20)12-8-13(21-2)10-18-9-12/h3-10,17,20H,1-2H3. The molecule has 4 heteroatoms. The van der Waals surface area contributed by atoms with Crippen LogP contribution >= 0.6 is 0 Å². The first-order valence-electron chi connectivity index (χ1n) is 6.72. The number of pyridine rings is 2. The summed E-state index contributed by atoms with van der Waals surface area (Å²) < 4.78 is 5.14.